The van der Waals surface area contributed by atoms with Crippen LogP contribution >= 0.6 is 0 Å². The van der Waals surface area contributed by atoms with Crippen molar-refractivity contribution in [2.45, 2.75) is 83.3 Å². The van der Waals surface area contributed by atoms with E-state index in [-0.39, 0.29) is 0 Å². The molecule has 0 radical (unpaired) electrons. The number of nitrogens with one attached hydrogen (secondary N) is 2. The second kappa shape index (κ2) is 6.05. The van der Waals surface area contributed by atoms with E-state index in [1.807, 2.05) is 0 Å². The molecule has 2 heterocycles. The van der Waals surface area contributed by atoms with Gasteiger partial charge in [0.05, 0.1) is 0 Å². The Hall–Kier alpha value is -0.570. The molecule has 4 atom stereocenters. The summed E-state index contributed by atoms with van der Waals surface area (Å²) >= 11 is 0. The molecule has 20 heavy (non-hydrogen) atoms. The smallest absolute Gasteiger partial charge is 0.220 e. The third-order valence-electron chi connectivity index (χ3n) is 5.59. The van der Waals surface area contributed by atoms with Gasteiger partial charge in [-0.3, -0.25) is 4.79 Å². The van der Waals surface area contributed by atoms with Gasteiger partial charge >= 0.3 is 0 Å². The molecule has 1 saturated carbocycles. The molecular weight excluding hydrogens is 248 g/mol. The Morgan fingerprint density at radius 1 is 1.00 bits per heavy atom. The fourth-order valence-corrected chi connectivity index (χ4v) is 4.96. The standard InChI is InChI=1S/C17H30N2O/c1-11-5-12(2)7-16(6-11)19-17(20)10-13-8-14-3-4-15(9-13)18-14/h11-16,18H,3-10H2,1-2H3,(H,19,20). The number of hydrogen-bond acceptors (Lipinski definition) is 2. The van der Waals surface area contributed by atoms with Crippen molar-refractivity contribution in [2.75, 3.05) is 0 Å². The van der Waals surface area contributed by atoms with Gasteiger partial charge in [0.15, 0.2) is 0 Å². The van der Waals surface area contributed by atoms with E-state index in [1.165, 1.54) is 44.9 Å². The van der Waals surface area contributed by atoms with Crippen molar-refractivity contribution in [1.29, 1.82) is 0 Å². The summed E-state index contributed by atoms with van der Waals surface area (Å²) in [5, 5.41) is 6.97. The summed E-state index contributed by atoms with van der Waals surface area (Å²) in [7, 11) is 0. The lowest BCUT2D eigenvalue weighted by atomic mass is 9.80. The van der Waals surface area contributed by atoms with Gasteiger partial charge in [-0.05, 0) is 62.7 Å². The molecule has 2 aliphatic heterocycles. The van der Waals surface area contributed by atoms with Crippen molar-refractivity contribution >= 4 is 5.91 Å². The predicted molar refractivity (Wildman–Crippen MR) is 81.4 cm³/mol. The molecule has 1 amide bonds. The molecule has 3 fully saturated rings. The van der Waals surface area contributed by atoms with Crippen molar-refractivity contribution in [3.05, 3.63) is 0 Å². The Kier molecular flexibility index (Phi) is 4.34. The molecule has 0 aromatic rings. The third kappa shape index (κ3) is 3.55. The second-order valence-electron chi connectivity index (χ2n) is 7.86. The highest BCUT2D eigenvalue weighted by atomic mass is 16.1. The fourth-order valence-electron chi connectivity index (χ4n) is 4.96. The first-order chi connectivity index (χ1) is 9.58. The predicted octanol–water partition coefficient (Wildman–Crippen LogP) is 2.85. The molecule has 2 bridgehead atoms. The van der Waals surface area contributed by atoms with Gasteiger partial charge in [-0.15, -0.1) is 0 Å². The largest absolute Gasteiger partial charge is 0.353 e. The summed E-state index contributed by atoms with van der Waals surface area (Å²) in [5.74, 6) is 2.45. The summed E-state index contributed by atoms with van der Waals surface area (Å²) in [4.78, 5) is 12.3. The molecule has 0 aromatic carbocycles. The van der Waals surface area contributed by atoms with E-state index in [2.05, 4.69) is 24.5 Å². The van der Waals surface area contributed by atoms with Gasteiger partial charge in [0.2, 0.25) is 5.91 Å². The molecule has 3 rings (SSSR count). The van der Waals surface area contributed by atoms with Crippen molar-refractivity contribution in [3.63, 3.8) is 0 Å². The first kappa shape index (κ1) is 14.4. The zero-order valence-corrected chi connectivity index (χ0v) is 13.0. The highest BCUT2D eigenvalue weighted by Crippen LogP contribution is 2.33. The minimum absolute atomic E-state index is 0.308. The van der Waals surface area contributed by atoms with Crippen LogP contribution in [0.5, 0.6) is 0 Å². The average Bonchev–Trinajstić information content (AvgIpc) is 2.67. The summed E-state index contributed by atoms with van der Waals surface area (Å²) in [5.41, 5.74) is 0. The minimum Gasteiger partial charge on any atom is -0.353 e. The first-order valence-corrected chi connectivity index (χ1v) is 8.64. The monoisotopic (exact) mass is 278 g/mol. The van der Waals surface area contributed by atoms with E-state index in [0.29, 0.717) is 30.0 Å². The minimum atomic E-state index is 0.308. The van der Waals surface area contributed by atoms with Crippen LogP contribution in [-0.2, 0) is 4.79 Å². The third-order valence-corrected chi connectivity index (χ3v) is 5.59. The molecule has 0 aromatic heterocycles. The van der Waals surface area contributed by atoms with Gasteiger partial charge in [0.1, 0.15) is 0 Å². The van der Waals surface area contributed by atoms with Gasteiger partial charge in [-0.2, -0.15) is 0 Å². The summed E-state index contributed by atoms with van der Waals surface area (Å²) in [6.45, 7) is 4.64. The molecule has 2 N–H and O–H groups in total. The zero-order chi connectivity index (χ0) is 14.1. The van der Waals surface area contributed by atoms with Crippen LogP contribution in [0.2, 0.25) is 0 Å². The number of piperidine rings is 1. The summed E-state index contributed by atoms with van der Waals surface area (Å²) in [6.07, 6.45) is 9.49. The Balaban J connectivity index is 1.45. The van der Waals surface area contributed by atoms with E-state index in [1.54, 1.807) is 0 Å². The quantitative estimate of drug-likeness (QED) is 0.833. The number of fused-ring (bicyclic) bond motifs is 2. The van der Waals surface area contributed by atoms with Crippen LogP contribution in [0.4, 0.5) is 0 Å². The van der Waals surface area contributed by atoms with Crippen molar-refractivity contribution in [2.24, 2.45) is 17.8 Å². The zero-order valence-electron chi connectivity index (χ0n) is 13.0. The molecule has 0 spiro atoms. The Morgan fingerprint density at radius 2 is 1.60 bits per heavy atom. The number of carbonyl (C=O) groups is 1. The molecule has 3 nitrogen and oxygen atoms in total. The van der Waals surface area contributed by atoms with E-state index in [4.69, 9.17) is 0 Å². The van der Waals surface area contributed by atoms with Crippen molar-refractivity contribution < 1.29 is 4.79 Å². The highest BCUT2D eigenvalue weighted by molar-refractivity contribution is 5.76. The number of rotatable bonds is 3. The maximum absolute atomic E-state index is 12.3. The van der Waals surface area contributed by atoms with Gasteiger partial charge in [0, 0.05) is 24.5 Å². The van der Waals surface area contributed by atoms with Gasteiger partial charge in [0.25, 0.3) is 0 Å². The van der Waals surface area contributed by atoms with Gasteiger partial charge in [-0.1, -0.05) is 13.8 Å². The SMILES string of the molecule is CC1CC(C)CC(NC(=O)CC2CC3CCC(C2)N3)C1. The summed E-state index contributed by atoms with van der Waals surface area (Å²) in [6, 6.07) is 1.82. The number of hydrogen-bond donors (Lipinski definition) is 2. The maximum atomic E-state index is 12.3. The Labute approximate surface area is 123 Å². The molecule has 3 heteroatoms. The normalized spacial score (nSPS) is 44.3. The molecule has 1 aliphatic carbocycles. The topological polar surface area (TPSA) is 41.1 Å². The van der Waals surface area contributed by atoms with Crippen LogP contribution in [-0.4, -0.2) is 24.0 Å². The van der Waals surface area contributed by atoms with E-state index < -0.39 is 0 Å². The molecule has 3 aliphatic rings. The van der Waals surface area contributed by atoms with Crippen LogP contribution in [0.25, 0.3) is 0 Å². The molecule has 4 unspecified atom stereocenters. The van der Waals surface area contributed by atoms with Gasteiger partial charge in [-0.25, -0.2) is 0 Å². The summed E-state index contributed by atoms with van der Waals surface area (Å²) < 4.78 is 0. The molecular formula is C17H30N2O. The van der Waals surface area contributed by atoms with Crippen LogP contribution in [0.3, 0.4) is 0 Å². The number of carbonyl (C=O) groups excluding carboxylic acids is 1. The maximum Gasteiger partial charge on any atom is 0.220 e. The fraction of sp³-hybridized carbons (Fsp3) is 0.941. The molecule has 114 valence electrons. The van der Waals surface area contributed by atoms with Gasteiger partial charge < -0.3 is 10.6 Å². The Bertz CT molecular complexity index is 329. The lowest BCUT2D eigenvalue weighted by Crippen LogP contribution is -2.43. The van der Waals surface area contributed by atoms with E-state index >= 15 is 0 Å². The molecule has 2 saturated heterocycles. The van der Waals surface area contributed by atoms with Crippen LogP contribution in [0.1, 0.15) is 65.2 Å². The van der Waals surface area contributed by atoms with E-state index in [0.717, 1.165) is 18.3 Å². The van der Waals surface area contributed by atoms with Crippen LogP contribution in [0.15, 0.2) is 0 Å². The average molecular weight is 278 g/mol. The van der Waals surface area contributed by atoms with E-state index in [9.17, 15) is 4.79 Å². The van der Waals surface area contributed by atoms with Crippen molar-refractivity contribution in [3.8, 4) is 0 Å². The second-order valence-corrected chi connectivity index (χ2v) is 7.86. The van der Waals surface area contributed by atoms with Crippen molar-refractivity contribution in [1.82, 2.24) is 10.6 Å². The first-order valence-electron chi connectivity index (χ1n) is 8.64. The lowest BCUT2D eigenvalue weighted by molar-refractivity contribution is -0.123. The highest BCUT2D eigenvalue weighted by Gasteiger charge is 2.34. The Morgan fingerprint density at radius 3 is 2.20 bits per heavy atom. The van der Waals surface area contributed by atoms with Crippen LogP contribution in [0, 0.1) is 17.8 Å². The van der Waals surface area contributed by atoms with Crippen LogP contribution < -0.4 is 10.6 Å². The lowest BCUT2D eigenvalue weighted by Gasteiger charge is -2.33. The number of amides is 1.